The maximum absolute atomic E-state index is 5.86. The van der Waals surface area contributed by atoms with E-state index < -0.39 is 0 Å². The molecule has 2 aromatic rings. The van der Waals surface area contributed by atoms with Crippen molar-refractivity contribution in [2.75, 3.05) is 26.1 Å². The molecule has 1 fully saturated rings. The van der Waals surface area contributed by atoms with E-state index in [4.69, 9.17) is 19.9 Å². The lowest BCUT2D eigenvalue weighted by atomic mass is 10.1. The molecule has 0 radical (unpaired) electrons. The zero-order valence-electron chi connectivity index (χ0n) is 11.3. The second kappa shape index (κ2) is 5.49. The van der Waals surface area contributed by atoms with Crippen molar-refractivity contribution in [3.8, 4) is 12.0 Å². The number of nitrogens with two attached hydrogens (primary N) is 1. The molecule has 3 rings (SSSR count). The van der Waals surface area contributed by atoms with E-state index in [1.54, 1.807) is 7.11 Å². The van der Waals surface area contributed by atoms with Gasteiger partial charge in [-0.25, -0.2) is 9.97 Å². The standard InChI is InChI=1S/C12H17N5O3/c1-18-11-14-8-9(13)15-12(17-10(8)16-11)20-6-7-4-2-3-5-19-7/h7H,2-6H2,1H3,(H3,13,14,15,16,17)/p+1. The molecule has 1 aliphatic heterocycles. The highest BCUT2D eigenvalue weighted by Crippen LogP contribution is 2.19. The molecule has 8 nitrogen and oxygen atoms in total. The Morgan fingerprint density at radius 3 is 3.10 bits per heavy atom. The summed E-state index contributed by atoms with van der Waals surface area (Å²) in [6.07, 6.45) is 3.39. The number of nitrogens with one attached hydrogen (secondary N) is 2. The van der Waals surface area contributed by atoms with Crippen LogP contribution in [-0.2, 0) is 4.74 Å². The minimum absolute atomic E-state index is 0.106. The van der Waals surface area contributed by atoms with Gasteiger partial charge in [-0.15, -0.1) is 0 Å². The van der Waals surface area contributed by atoms with Crippen molar-refractivity contribution in [1.29, 1.82) is 0 Å². The molecule has 0 amide bonds. The normalized spacial score (nSPS) is 19.1. The van der Waals surface area contributed by atoms with Gasteiger partial charge in [0.25, 0.3) is 0 Å². The second-order valence-electron chi connectivity index (χ2n) is 4.70. The number of aromatic nitrogens is 4. The number of ether oxygens (including phenoxy) is 3. The van der Waals surface area contributed by atoms with Crippen LogP contribution in [0.5, 0.6) is 12.0 Å². The van der Waals surface area contributed by atoms with E-state index in [-0.39, 0.29) is 12.1 Å². The van der Waals surface area contributed by atoms with E-state index in [1.807, 2.05) is 0 Å². The van der Waals surface area contributed by atoms with E-state index in [0.717, 1.165) is 19.4 Å². The van der Waals surface area contributed by atoms with Crippen molar-refractivity contribution < 1.29 is 19.2 Å². The molecule has 0 aromatic carbocycles. The summed E-state index contributed by atoms with van der Waals surface area (Å²) in [7, 11) is 1.54. The topological polar surface area (TPSA) is 109 Å². The van der Waals surface area contributed by atoms with Crippen LogP contribution in [0.25, 0.3) is 11.2 Å². The SMILES string of the molecule is COc1[nH]c2c(N)nc(OCC3CCCCO3)nc2[nH+]1. The van der Waals surface area contributed by atoms with Crippen LogP contribution in [0, 0.1) is 0 Å². The van der Waals surface area contributed by atoms with Gasteiger partial charge in [-0.05, 0) is 24.2 Å². The summed E-state index contributed by atoms with van der Waals surface area (Å²) < 4.78 is 16.2. The molecule has 108 valence electrons. The quantitative estimate of drug-likeness (QED) is 0.834. The first-order valence-electron chi connectivity index (χ1n) is 6.63. The molecule has 0 saturated carbocycles. The fraction of sp³-hybridized carbons (Fsp3) is 0.583. The van der Waals surface area contributed by atoms with Gasteiger partial charge in [-0.3, -0.25) is 0 Å². The van der Waals surface area contributed by atoms with E-state index in [1.165, 1.54) is 6.42 Å². The third kappa shape index (κ3) is 2.60. The van der Waals surface area contributed by atoms with Gasteiger partial charge in [0, 0.05) is 6.61 Å². The van der Waals surface area contributed by atoms with Crippen LogP contribution >= 0.6 is 0 Å². The molecule has 8 heteroatoms. The summed E-state index contributed by atoms with van der Waals surface area (Å²) in [5.74, 6) is 0.314. The largest absolute Gasteiger partial charge is 0.448 e. The lowest BCUT2D eigenvalue weighted by molar-refractivity contribution is -0.364. The monoisotopic (exact) mass is 280 g/mol. The lowest BCUT2D eigenvalue weighted by Gasteiger charge is -2.21. The molecule has 3 heterocycles. The Labute approximate surface area is 115 Å². The number of rotatable bonds is 4. The summed E-state index contributed by atoms with van der Waals surface area (Å²) in [6.45, 7) is 1.23. The van der Waals surface area contributed by atoms with Gasteiger partial charge in [0.05, 0.1) is 13.2 Å². The number of fused-ring (bicyclic) bond motifs is 1. The summed E-state index contributed by atoms with van der Waals surface area (Å²) in [4.78, 5) is 14.3. The Morgan fingerprint density at radius 2 is 2.35 bits per heavy atom. The number of anilines is 1. The summed E-state index contributed by atoms with van der Waals surface area (Å²) in [6, 6.07) is 0.704. The highest BCUT2D eigenvalue weighted by molar-refractivity contribution is 5.79. The molecule has 2 aromatic heterocycles. The van der Waals surface area contributed by atoms with Crippen molar-refractivity contribution in [3.05, 3.63) is 0 Å². The molecule has 0 bridgehead atoms. The van der Waals surface area contributed by atoms with E-state index >= 15 is 0 Å². The number of hydrogen-bond donors (Lipinski definition) is 2. The predicted molar refractivity (Wildman–Crippen MR) is 70.5 cm³/mol. The Hall–Kier alpha value is -2.09. The third-order valence-corrected chi connectivity index (χ3v) is 3.26. The van der Waals surface area contributed by atoms with Crippen molar-refractivity contribution in [2.24, 2.45) is 0 Å². The van der Waals surface area contributed by atoms with Crippen molar-refractivity contribution in [3.63, 3.8) is 0 Å². The third-order valence-electron chi connectivity index (χ3n) is 3.26. The molecule has 1 atom stereocenters. The van der Waals surface area contributed by atoms with Crippen molar-refractivity contribution in [2.45, 2.75) is 25.4 Å². The van der Waals surface area contributed by atoms with Gasteiger partial charge in [0.15, 0.2) is 5.82 Å². The van der Waals surface area contributed by atoms with Gasteiger partial charge >= 0.3 is 17.7 Å². The molecule has 1 aliphatic rings. The first kappa shape index (κ1) is 12.9. The number of imidazole rings is 1. The summed E-state index contributed by atoms with van der Waals surface area (Å²) >= 11 is 0. The minimum atomic E-state index is 0.106. The average Bonchev–Trinajstić information content (AvgIpc) is 2.90. The number of nitrogen functional groups attached to an aromatic ring is 1. The van der Waals surface area contributed by atoms with Gasteiger partial charge < -0.3 is 19.9 Å². The highest BCUT2D eigenvalue weighted by Gasteiger charge is 2.20. The Bertz CT molecular complexity index is 594. The fourth-order valence-electron chi connectivity index (χ4n) is 2.20. The van der Waals surface area contributed by atoms with Gasteiger partial charge in [-0.2, -0.15) is 4.98 Å². The second-order valence-corrected chi connectivity index (χ2v) is 4.70. The first-order chi connectivity index (χ1) is 9.76. The molecule has 1 saturated heterocycles. The Balaban J connectivity index is 1.74. The summed E-state index contributed by atoms with van der Waals surface area (Å²) in [5.41, 5.74) is 7.01. The molecular weight excluding hydrogens is 262 g/mol. The van der Waals surface area contributed by atoms with Crippen LogP contribution < -0.4 is 20.2 Å². The van der Waals surface area contributed by atoms with Crippen LogP contribution in [0.1, 0.15) is 19.3 Å². The fourth-order valence-corrected chi connectivity index (χ4v) is 2.20. The van der Waals surface area contributed by atoms with Crippen molar-refractivity contribution in [1.82, 2.24) is 15.0 Å². The first-order valence-corrected chi connectivity index (χ1v) is 6.63. The lowest BCUT2D eigenvalue weighted by Crippen LogP contribution is -2.26. The van der Waals surface area contributed by atoms with Gasteiger partial charge in [-0.1, -0.05) is 0 Å². The van der Waals surface area contributed by atoms with Crippen LogP contribution in [-0.4, -0.2) is 41.4 Å². The number of nitrogens with zero attached hydrogens (tertiary/aromatic N) is 2. The number of H-pyrrole nitrogens is 2. The smallest absolute Gasteiger partial charge is 0.397 e. The maximum Gasteiger partial charge on any atom is 0.397 e. The zero-order valence-corrected chi connectivity index (χ0v) is 11.3. The van der Waals surface area contributed by atoms with Crippen LogP contribution in [0.2, 0.25) is 0 Å². The van der Waals surface area contributed by atoms with Crippen LogP contribution in [0.15, 0.2) is 0 Å². The van der Waals surface area contributed by atoms with Crippen LogP contribution in [0.4, 0.5) is 5.82 Å². The molecule has 0 aliphatic carbocycles. The van der Waals surface area contributed by atoms with E-state index in [2.05, 4.69) is 19.9 Å². The zero-order chi connectivity index (χ0) is 13.9. The predicted octanol–water partition coefficient (Wildman–Crippen LogP) is 0.311. The number of hydrogen-bond acceptors (Lipinski definition) is 6. The van der Waals surface area contributed by atoms with Crippen molar-refractivity contribution >= 4 is 17.0 Å². The van der Waals surface area contributed by atoms with Gasteiger partial charge in [0.1, 0.15) is 6.61 Å². The maximum atomic E-state index is 5.86. The molecule has 0 spiro atoms. The summed E-state index contributed by atoms with van der Waals surface area (Å²) in [5, 5.41) is 0. The van der Waals surface area contributed by atoms with E-state index in [0.29, 0.717) is 29.6 Å². The van der Waals surface area contributed by atoms with Crippen LogP contribution in [0.3, 0.4) is 0 Å². The molecule has 1 unspecified atom stereocenters. The Morgan fingerprint density at radius 1 is 1.45 bits per heavy atom. The number of methoxy groups -OCH3 is 1. The molecule has 4 N–H and O–H groups in total. The van der Waals surface area contributed by atoms with E-state index in [9.17, 15) is 0 Å². The minimum Gasteiger partial charge on any atom is -0.448 e. The Kier molecular flexibility index (Phi) is 3.55. The molecular formula is C12H18N5O3+. The van der Waals surface area contributed by atoms with Gasteiger partial charge in [0.2, 0.25) is 5.52 Å². The number of aromatic amines is 2. The average molecular weight is 280 g/mol. The highest BCUT2D eigenvalue weighted by atomic mass is 16.5. The molecule has 20 heavy (non-hydrogen) atoms.